The maximum absolute atomic E-state index is 11.5. The van der Waals surface area contributed by atoms with Crippen LogP contribution in [0.2, 0.25) is 5.02 Å². The highest BCUT2D eigenvalue weighted by Crippen LogP contribution is 2.22. The minimum absolute atomic E-state index is 0.230. The van der Waals surface area contributed by atoms with Crippen LogP contribution in [0, 0.1) is 0 Å². The molecule has 0 saturated carbocycles. The molecule has 0 saturated heterocycles. The summed E-state index contributed by atoms with van der Waals surface area (Å²) in [7, 11) is 0. The fourth-order valence-corrected chi connectivity index (χ4v) is 1.37. The van der Waals surface area contributed by atoms with E-state index in [9.17, 15) is 9.59 Å². The molecule has 1 aromatic rings. The SMILES string of the molecule is C[C@@H](NC(=O)COc1ccccc1Cl)C(=O)NN. The molecule has 2 amide bonds. The molecule has 98 valence electrons. The Labute approximate surface area is 109 Å². The van der Waals surface area contributed by atoms with Crippen molar-refractivity contribution < 1.29 is 14.3 Å². The van der Waals surface area contributed by atoms with Crippen LogP contribution < -0.4 is 21.3 Å². The number of hydrogen-bond acceptors (Lipinski definition) is 4. The van der Waals surface area contributed by atoms with Gasteiger partial charge in [0.2, 0.25) is 0 Å². The Morgan fingerprint density at radius 1 is 1.44 bits per heavy atom. The Bertz CT molecular complexity index is 439. The number of hydrazine groups is 1. The molecule has 18 heavy (non-hydrogen) atoms. The quantitative estimate of drug-likeness (QED) is 0.405. The highest BCUT2D eigenvalue weighted by molar-refractivity contribution is 6.32. The van der Waals surface area contributed by atoms with E-state index in [1.54, 1.807) is 24.3 Å². The number of nitrogens with one attached hydrogen (secondary N) is 2. The van der Waals surface area contributed by atoms with E-state index in [4.69, 9.17) is 22.2 Å². The summed E-state index contributed by atoms with van der Waals surface area (Å²) < 4.78 is 5.21. The Morgan fingerprint density at radius 3 is 2.72 bits per heavy atom. The van der Waals surface area contributed by atoms with Gasteiger partial charge in [0.1, 0.15) is 11.8 Å². The summed E-state index contributed by atoms with van der Waals surface area (Å²) in [5.41, 5.74) is 1.94. The molecule has 0 fully saturated rings. The van der Waals surface area contributed by atoms with E-state index in [2.05, 4.69) is 5.32 Å². The van der Waals surface area contributed by atoms with Gasteiger partial charge in [-0.25, -0.2) is 5.84 Å². The monoisotopic (exact) mass is 271 g/mol. The first-order valence-electron chi connectivity index (χ1n) is 5.21. The Morgan fingerprint density at radius 2 is 2.11 bits per heavy atom. The van der Waals surface area contributed by atoms with Gasteiger partial charge in [-0.1, -0.05) is 23.7 Å². The Balaban J connectivity index is 2.43. The van der Waals surface area contributed by atoms with E-state index in [-0.39, 0.29) is 6.61 Å². The summed E-state index contributed by atoms with van der Waals surface area (Å²) in [6.45, 7) is 1.28. The fraction of sp³-hybridized carbons (Fsp3) is 0.273. The van der Waals surface area contributed by atoms with E-state index in [1.165, 1.54) is 6.92 Å². The fourth-order valence-electron chi connectivity index (χ4n) is 1.18. The van der Waals surface area contributed by atoms with E-state index in [1.807, 2.05) is 5.43 Å². The van der Waals surface area contributed by atoms with Crippen LogP contribution in [0.3, 0.4) is 0 Å². The molecular formula is C11H14ClN3O3. The van der Waals surface area contributed by atoms with Gasteiger partial charge in [-0.2, -0.15) is 0 Å². The number of carbonyl (C=O) groups excluding carboxylic acids is 2. The molecule has 0 unspecified atom stereocenters. The predicted octanol–water partition coefficient (Wildman–Crippen LogP) is 0.213. The van der Waals surface area contributed by atoms with E-state index in [0.29, 0.717) is 10.8 Å². The summed E-state index contributed by atoms with van der Waals surface area (Å²) in [6, 6.07) is 6.06. The topological polar surface area (TPSA) is 93.4 Å². The van der Waals surface area contributed by atoms with Crippen LogP contribution in [0.5, 0.6) is 5.75 Å². The van der Waals surface area contributed by atoms with Crippen molar-refractivity contribution in [3.63, 3.8) is 0 Å². The largest absolute Gasteiger partial charge is 0.482 e. The molecule has 1 rings (SSSR count). The highest BCUT2D eigenvalue weighted by Gasteiger charge is 2.14. The molecule has 6 nitrogen and oxygen atoms in total. The number of hydrogen-bond donors (Lipinski definition) is 3. The molecule has 0 aliphatic heterocycles. The number of nitrogens with two attached hydrogens (primary N) is 1. The minimum Gasteiger partial charge on any atom is -0.482 e. The van der Waals surface area contributed by atoms with Crippen molar-refractivity contribution in [3.05, 3.63) is 29.3 Å². The van der Waals surface area contributed by atoms with Gasteiger partial charge in [-0.05, 0) is 19.1 Å². The number of halogens is 1. The first-order chi connectivity index (χ1) is 8.54. The van der Waals surface area contributed by atoms with Gasteiger partial charge in [0, 0.05) is 0 Å². The second kappa shape index (κ2) is 6.83. The molecule has 4 N–H and O–H groups in total. The van der Waals surface area contributed by atoms with Crippen molar-refractivity contribution in [3.8, 4) is 5.75 Å². The summed E-state index contributed by atoms with van der Waals surface area (Å²) in [5, 5.41) is 2.84. The number of amides is 2. The molecule has 1 atom stereocenters. The van der Waals surface area contributed by atoms with Gasteiger partial charge in [-0.15, -0.1) is 0 Å². The zero-order valence-electron chi connectivity index (χ0n) is 9.77. The van der Waals surface area contributed by atoms with Gasteiger partial charge in [0.05, 0.1) is 5.02 Å². The van der Waals surface area contributed by atoms with Crippen molar-refractivity contribution in [2.45, 2.75) is 13.0 Å². The lowest BCUT2D eigenvalue weighted by Crippen LogP contribution is -2.48. The first-order valence-corrected chi connectivity index (χ1v) is 5.59. The van der Waals surface area contributed by atoms with Gasteiger partial charge >= 0.3 is 0 Å². The van der Waals surface area contributed by atoms with Crippen LogP contribution in [0.4, 0.5) is 0 Å². The first kappa shape index (κ1) is 14.3. The highest BCUT2D eigenvalue weighted by atomic mass is 35.5. The molecule has 0 aliphatic carbocycles. The third kappa shape index (κ3) is 4.23. The maximum atomic E-state index is 11.5. The zero-order valence-corrected chi connectivity index (χ0v) is 10.5. The Kier molecular flexibility index (Phi) is 5.41. The average molecular weight is 272 g/mol. The van der Waals surface area contributed by atoms with Crippen molar-refractivity contribution in [2.24, 2.45) is 5.84 Å². The van der Waals surface area contributed by atoms with Crippen molar-refractivity contribution in [1.29, 1.82) is 0 Å². The van der Waals surface area contributed by atoms with Crippen LogP contribution in [0.25, 0.3) is 0 Å². The number of rotatable bonds is 5. The van der Waals surface area contributed by atoms with Gasteiger partial charge in [0.25, 0.3) is 11.8 Å². The minimum atomic E-state index is -0.725. The smallest absolute Gasteiger partial charge is 0.258 e. The molecule has 1 aromatic carbocycles. The van der Waals surface area contributed by atoms with E-state index in [0.717, 1.165) is 0 Å². The van der Waals surface area contributed by atoms with E-state index >= 15 is 0 Å². The summed E-state index contributed by atoms with van der Waals surface area (Å²) >= 11 is 5.85. The molecule has 7 heteroatoms. The van der Waals surface area contributed by atoms with Gasteiger partial charge in [-0.3, -0.25) is 15.0 Å². The third-order valence-corrected chi connectivity index (χ3v) is 2.42. The van der Waals surface area contributed by atoms with Gasteiger partial charge in [0.15, 0.2) is 6.61 Å². The van der Waals surface area contributed by atoms with Crippen LogP contribution in [0.1, 0.15) is 6.92 Å². The van der Waals surface area contributed by atoms with E-state index < -0.39 is 17.9 Å². The lowest BCUT2D eigenvalue weighted by molar-refractivity contribution is -0.129. The number of carbonyl (C=O) groups is 2. The number of ether oxygens (including phenoxy) is 1. The predicted molar refractivity (Wildman–Crippen MR) is 66.9 cm³/mol. The van der Waals surface area contributed by atoms with Crippen LogP contribution in [-0.2, 0) is 9.59 Å². The zero-order chi connectivity index (χ0) is 13.5. The standard InChI is InChI=1S/C11H14ClN3O3/c1-7(11(17)15-13)14-10(16)6-18-9-5-3-2-4-8(9)12/h2-5,7H,6,13H2,1H3,(H,14,16)(H,15,17)/t7-/m1/s1. The summed E-state index contributed by atoms with van der Waals surface area (Å²) in [6.07, 6.45) is 0. The van der Waals surface area contributed by atoms with Crippen LogP contribution in [0.15, 0.2) is 24.3 Å². The second-order valence-corrected chi connectivity index (χ2v) is 3.92. The van der Waals surface area contributed by atoms with Crippen molar-refractivity contribution in [1.82, 2.24) is 10.7 Å². The maximum Gasteiger partial charge on any atom is 0.258 e. The third-order valence-electron chi connectivity index (χ3n) is 2.11. The van der Waals surface area contributed by atoms with Crippen molar-refractivity contribution >= 4 is 23.4 Å². The lowest BCUT2D eigenvalue weighted by Gasteiger charge is -2.12. The number of benzene rings is 1. The lowest BCUT2D eigenvalue weighted by atomic mass is 10.3. The molecule has 0 radical (unpaired) electrons. The van der Waals surface area contributed by atoms with Crippen molar-refractivity contribution in [2.75, 3.05) is 6.61 Å². The van der Waals surface area contributed by atoms with Gasteiger partial charge < -0.3 is 10.1 Å². The van der Waals surface area contributed by atoms with Crippen LogP contribution >= 0.6 is 11.6 Å². The second-order valence-electron chi connectivity index (χ2n) is 3.52. The van der Waals surface area contributed by atoms with Crippen LogP contribution in [-0.4, -0.2) is 24.5 Å². The summed E-state index contributed by atoms with van der Waals surface area (Å²) in [4.78, 5) is 22.5. The Hall–Kier alpha value is -1.79. The molecule has 0 aliphatic rings. The average Bonchev–Trinajstić information content (AvgIpc) is 2.36. The number of para-hydroxylation sites is 1. The summed E-state index contributed by atoms with van der Waals surface area (Å²) in [5.74, 6) is 4.42. The molecule has 0 spiro atoms. The molecule has 0 aromatic heterocycles. The normalized spacial score (nSPS) is 11.5. The molecular weight excluding hydrogens is 258 g/mol. The molecule has 0 heterocycles. The molecule has 0 bridgehead atoms.